The summed E-state index contributed by atoms with van der Waals surface area (Å²) in [5, 5.41) is 8.62. The van der Waals surface area contributed by atoms with Gasteiger partial charge in [-0.15, -0.1) is 0 Å². The molecule has 0 bridgehead atoms. The van der Waals surface area contributed by atoms with Crippen molar-refractivity contribution in [1.82, 2.24) is 4.90 Å². The minimum atomic E-state index is -0.604. The molecule has 0 unspecified atom stereocenters. The molecule has 10 heteroatoms. The summed E-state index contributed by atoms with van der Waals surface area (Å²) in [7, 11) is 0. The average Bonchev–Trinajstić information content (AvgIpc) is 2.95. The van der Waals surface area contributed by atoms with E-state index in [1.54, 1.807) is 4.90 Å². The lowest BCUT2D eigenvalue weighted by Crippen LogP contribution is -2.38. The second-order valence-corrected chi connectivity index (χ2v) is 10.1. The van der Waals surface area contributed by atoms with Crippen molar-refractivity contribution < 1.29 is 43.1 Å². The first kappa shape index (κ1) is 34.5. The predicted octanol–water partition coefficient (Wildman–Crippen LogP) is 4.08. The summed E-state index contributed by atoms with van der Waals surface area (Å²) < 4.78 is 38.7. The number of aliphatic hydroxyl groups is 1. The van der Waals surface area contributed by atoms with Crippen LogP contribution in [0.5, 0.6) is 5.75 Å². The van der Waals surface area contributed by atoms with Gasteiger partial charge in [-0.3, -0.25) is 0 Å². The van der Waals surface area contributed by atoms with Gasteiger partial charge in [0.2, 0.25) is 0 Å². The number of rotatable bonds is 22. The molecule has 1 amide bonds. The Labute approximate surface area is 244 Å². The van der Waals surface area contributed by atoms with Crippen LogP contribution < -0.4 is 4.74 Å². The van der Waals surface area contributed by atoms with Crippen LogP contribution in [0.25, 0.3) is 0 Å². The van der Waals surface area contributed by atoms with Crippen LogP contribution in [0.1, 0.15) is 31.9 Å². The summed E-state index contributed by atoms with van der Waals surface area (Å²) in [6.45, 7) is 11.1. The van der Waals surface area contributed by atoms with Crippen LogP contribution in [-0.2, 0) is 41.6 Å². The third kappa shape index (κ3) is 17.6. The molecule has 0 aliphatic rings. The number of nitrogens with zero attached hydrogens (tertiary/aromatic N) is 1. The van der Waals surface area contributed by atoms with E-state index in [4.69, 9.17) is 38.3 Å². The zero-order chi connectivity index (χ0) is 29.6. The number of carbonyl (C=O) groups is 1. The molecular weight excluding hydrogens is 530 g/mol. The van der Waals surface area contributed by atoms with E-state index in [-0.39, 0.29) is 6.61 Å². The van der Waals surface area contributed by atoms with Gasteiger partial charge in [0, 0.05) is 13.1 Å². The smallest absolute Gasteiger partial charge is 0.410 e. The molecule has 0 aliphatic carbocycles. The van der Waals surface area contributed by atoms with Crippen LogP contribution in [-0.4, -0.2) is 101 Å². The molecular formula is C31H47NO9. The van der Waals surface area contributed by atoms with Crippen molar-refractivity contribution in [1.29, 1.82) is 0 Å². The zero-order valence-corrected chi connectivity index (χ0v) is 24.8. The Morgan fingerprint density at radius 3 is 1.80 bits per heavy atom. The van der Waals surface area contributed by atoms with Crippen molar-refractivity contribution in [3.63, 3.8) is 0 Å². The first-order valence-electron chi connectivity index (χ1n) is 14.1. The van der Waals surface area contributed by atoms with Gasteiger partial charge in [-0.1, -0.05) is 42.5 Å². The van der Waals surface area contributed by atoms with E-state index in [0.717, 1.165) is 16.9 Å². The van der Waals surface area contributed by atoms with E-state index in [2.05, 4.69) is 0 Å². The molecule has 10 nitrogen and oxygen atoms in total. The number of ether oxygens (including phenoxy) is 7. The van der Waals surface area contributed by atoms with Crippen molar-refractivity contribution in [3.8, 4) is 5.75 Å². The Hall–Kier alpha value is -2.73. The molecule has 0 heterocycles. The Bertz CT molecular complexity index is 937. The standard InChI is InChI=1S/C31H47NO9/c1-31(2,3)41-30(34)32(25-28-10-7-11-29(24-28)40-26-27-8-5-4-6-9-27)12-14-35-16-18-37-20-22-39-23-21-38-19-17-36-15-13-33/h4-11,24,33H,12-23,25-26H2,1-3H3. The summed E-state index contributed by atoms with van der Waals surface area (Å²) >= 11 is 0. The molecule has 1 N–H and O–H groups in total. The van der Waals surface area contributed by atoms with Gasteiger partial charge < -0.3 is 43.2 Å². The number of hydrogen-bond donors (Lipinski definition) is 1. The largest absolute Gasteiger partial charge is 0.489 e. The van der Waals surface area contributed by atoms with Gasteiger partial charge >= 0.3 is 6.09 Å². The highest BCUT2D eigenvalue weighted by Crippen LogP contribution is 2.18. The van der Waals surface area contributed by atoms with Crippen molar-refractivity contribution in [2.24, 2.45) is 0 Å². The van der Waals surface area contributed by atoms with Gasteiger partial charge in [-0.25, -0.2) is 4.79 Å². The van der Waals surface area contributed by atoms with Crippen LogP contribution in [0.3, 0.4) is 0 Å². The summed E-state index contributed by atoms with van der Waals surface area (Å²) in [5.74, 6) is 0.740. The van der Waals surface area contributed by atoms with E-state index in [0.29, 0.717) is 85.8 Å². The maximum atomic E-state index is 12.9. The SMILES string of the molecule is CC(C)(C)OC(=O)N(CCOCCOCCOCCOCCOCCO)Cc1cccc(OCc2ccccc2)c1. The van der Waals surface area contributed by atoms with Gasteiger partial charge in [-0.05, 0) is 44.0 Å². The monoisotopic (exact) mass is 577 g/mol. The third-order valence-corrected chi connectivity index (χ3v) is 5.40. The molecule has 0 saturated carbocycles. The highest BCUT2D eigenvalue weighted by atomic mass is 16.6. The Morgan fingerprint density at radius 1 is 0.707 bits per heavy atom. The minimum Gasteiger partial charge on any atom is -0.489 e. The normalized spacial score (nSPS) is 11.4. The van der Waals surface area contributed by atoms with Gasteiger partial charge in [0.1, 0.15) is 18.0 Å². The van der Waals surface area contributed by atoms with Crippen molar-refractivity contribution in [3.05, 3.63) is 65.7 Å². The first-order chi connectivity index (χ1) is 19.9. The van der Waals surface area contributed by atoms with Crippen molar-refractivity contribution in [2.75, 3.05) is 79.2 Å². The zero-order valence-electron chi connectivity index (χ0n) is 24.8. The summed E-state index contributed by atoms with van der Waals surface area (Å²) in [6.07, 6.45) is -0.397. The van der Waals surface area contributed by atoms with Crippen LogP contribution in [0.4, 0.5) is 4.79 Å². The van der Waals surface area contributed by atoms with Gasteiger partial charge in [0.25, 0.3) is 0 Å². The molecule has 230 valence electrons. The fraction of sp³-hybridized carbons (Fsp3) is 0.581. The minimum absolute atomic E-state index is 0.0139. The number of benzene rings is 2. The molecule has 2 aromatic carbocycles. The molecule has 0 spiro atoms. The molecule has 2 rings (SSSR count). The molecule has 0 atom stereocenters. The van der Waals surface area contributed by atoms with E-state index in [1.165, 1.54) is 0 Å². The maximum Gasteiger partial charge on any atom is 0.410 e. The van der Waals surface area contributed by atoms with Gasteiger partial charge in [-0.2, -0.15) is 0 Å². The first-order valence-corrected chi connectivity index (χ1v) is 14.1. The fourth-order valence-electron chi connectivity index (χ4n) is 3.48. The van der Waals surface area contributed by atoms with Crippen LogP contribution in [0.15, 0.2) is 54.6 Å². The van der Waals surface area contributed by atoms with Crippen molar-refractivity contribution >= 4 is 6.09 Å². The fourth-order valence-corrected chi connectivity index (χ4v) is 3.48. The van der Waals surface area contributed by atoms with Crippen molar-refractivity contribution in [2.45, 2.75) is 39.5 Å². The molecule has 0 fully saturated rings. The van der Waals surface area contributed by atoms with Crippen LogP contribution in [0.2, 0.25) is 0 Å². The topological polar surface area (TPSA) is 105 Å². The lowest BCUT2D eigenvalue weighted by molar-refractivity contribution is -0.0157. The molecule has 0 aromatic heterocycles. The highest BCUT2D eigenvalue weighted by molar-refractivity contribution is 5.68. The summed E-state index contributed by atoms with van der Waals surface area (Å²) in [4.78, 5) is 14.5. The average molecular weight is 578 g/mol. The molecule has 41 heavy (non-hydrogen) atoms. The Kier molecular flexibility index (Phi) is 17.7. The second kappa shape index (κ2) is 21.0. The maximum absolute atomic E-state index is 12.9. The molecule has 0 radical (unpaired) electrons. The molecule has 0 aliphatic heterocycles. The van der Waals surface area contributed by atoms with Crippen LogP contribution >= 0.6 is 0 Å². The summed E-state index contributed by atoms with van der Waals surface area (Å²) in [5.41, 5.74) is 1.42. The molecule has 2 aromatic rings. The number of aliphatic hydroxyl groups excluding tert-OH is 1. The third-order valence-electron chi connectivity index (χ3n) is 5.40. The van der Waals surface area contributed by atoms with Crippen LogP contribution in [0, 0.1) is 0 Å². The lowest BCUT2D eigenvalue weighted by atomic mass is 10.2. The van der Waals surface area contributed by atoms with E-state index in [1.807, 2.05) is 75.4 Å². The van der Waals surface area contributed by atoms with Gasteiger partial charge in [0.15, 0.2) is 0 Å². The molecule has 0 saturated heterocycles. The second-order valence-electron chi connectivity index (χ2n) is 10.1. The number of hydrogen-bond acceptors (Lipinski definition) is 9. The quantitative estimate of drug-likeness (QED) is 0.207. The Morgan fingerprint density at radius 2 is 1.24 bits per heavy atom. The summed E-state index contributed by atoms with van der Waals surface area (Å²) in [6, 6.07) is 17.7. The van der Waals surface area contributed by atoms with E-state index in [9.17, 15) is 4.79 Å². The van der Waals surface area contributed by atoms with E-state index < -0.39 is 11.7 Å². The van der Waals surface area contributed by atoms with E-state index >= 15 is 0 Å². The Balaban J connectivity index is 1.65. The number of carbonyl (C=O) groups excluding carboxylic acids is 1. The predicted molar refractivity (Wildman–Crippen MR) is 155 cm³/mol. The number of amides is 1. The highest BCUT2D eigenvalue weighted by Gasteiger charge is 2.22. The lowest BCUT2D eigenvalue weighted by Gasteiger charge is -2.27. The van der Waals surface area contributed by atoms with Gasteiger partial charge in [0.05, 0.1) is 72.7 Å².